The van der Waals surface area contributed by atoms with Crippen LogP contribution in [-0.2, 0) is 0 Å². The lowest BCUT2D eigenvalue weighted by atomic mass is 10.0. The predicted molar refractivity (Wildman–Crippen MR) is 227 cm³/mol. The van der Waals surface area contributed by atoms with E-state index < -0.39 is 0 Å². The van der Waals surface area contributed by atoms with Crippen LogP contribution in [0.25, 0.3) is 54.6 Å². The second-order valence-electron chi connectivity index (χ2n) is 14.6. The van der Waals surface area contributed by atoms with E-state index in [4.69, 9.17) is 8.83 Å². The van der Waals surface area contributed by atoms with Crippen molar-refractivity contribution in [1.82, 2.24) is 0 Å². The van der Waals surface area contributed by atoms with E-state index in [-0.39, 0.29) is 0 Å². The number of hydrogen-bond donors (Lipinski definition) is 0. The molecule has 0 aliphatic carbocycles. The fraction of sp³-hybridized carbons (Fsp3) is 0.0800. The molecule has 0 amide bonds. The second-order valence-corrected chi connectivity index (χ2v) is 14.6. The molecule has 0 atom stereocenters. The molecular formula is C50H38N2O2. The Bertz CT molecular complexity index is 2780. The van der Waals surface area contributed by atoms with E-state index in [1.54, 1.807) is 0 Å². The molecule has 0 aliphatic heterocycles. The number of aryl methyl sites for hydroxylation is 4. The van der Waals surface area contributed by atoms with Gasteiger partial charge in [0.2, 0.25) is 0 Å². The minimum absolute atomic E-state index is 0.858. The first-order chi connectivity index (χ1) is 26.3. The van der Waals surface area contributed by atoms with Gasteiger partial charge in [-0.05, 0) is 158 Å². The van der Waals surface area contributed by atoms with Crippen LogP contribution in [0.5, 0.6) is 0 Å². The highest BCUT2D eigenvalue weighted by atomic mass is 16.3. The van der Waals surface area contributed by atoms with Gasteiger partial charge >= 0.3 is 0 Å². The molecule has 0 saturated carbocycles. The highest BCUT2D eigenvalue weighted by Crippen LogP contribution is 2.42. The van der Waals surface area contributed by atoms with Gasteiger partial charge in [0.15, 0.2) is 0 Å². The van der Waals surface area contributed by atoms with Gasteiger partial charge in [-0.2, -0.15) is 0 Å². The van der Waals surface area contributed by atoms with Crippen molar-refractivity contribution < 1.29 is 8.83 Å². The highest BCUT2D eigenvalue weighted by molar-refractivity contribution is 6.15. The number of fused-ring (bicyclic) bond motifs is 7. The number of furan rings is 2. The van der Waals surface area contributed by atoms with Crippen molar-refractivity contribution in [1.29, 1.82) is 0 Å². The fourth-order valence-corrected chi connectivity index (χ4v) is 8.01. The van der Waals surface area contributed by atoms with Crippen LogP contribution in [0, 0.1) is 27.7 Å². The Kier molecular flexibility index (Phi) is 7.34. The molecule has 0 aliphatic rings. The van der Waals surface area contributed by atoms with Crippen molar-refractivity contribution in [2.24, 2.45) is 0 Å². The van der Waals surface area contributed by atoms with Gasteiger partial charge < -0.3 is 18.6 Å². The van der Waals surface area contributed by atoms with Gasteiger partial charge in [-0.3, -0.25) is 0 Å². The molecule has 10 aromatic rings. The molecule has 2 heterocycles. The van der Waals surface area contributed by atoms with E-state index >= 15 is 0 Å². The van der Waals surface area contributed by atoms with E-state index in [9.17, 15) is 0 Å². The maximum Gasteiger partial charge on any atom is 0.137 e. The minimum atomic E-state index is 0.858. The molecule has 0 saturated heterocycles. The van der Waals surface area contributed by atoms with Crippen LogP contribution in [0.1, 0.15) is 22.3 Å². The lowest BCUT2D eigenvalue weighted by Gasteiger charge is -2.26. The van der Waals surface area contributed by atoms with Crippen LogP contribution in [0.4, 0.5) is 34.1 Å². The summed E-state index contributed by atoms with van der Waals surface area (Å²) in [5, 5.41) is 6.62. The molecule has 0 unspecified atom stereocenters. The van der Waals surface area contributed by atoms with Crippen LogP contribution in [0.15, 0.2) is 167 Å². The molecule has 10 rings (SSSR count). The number of benzene rings is 8. The van der Waals surface area contributed by atoms with Gasteiger partial charge in [-0.25, -0.2) is 0 Å². The van der Waals surface area contributed by atoms with Crippen molar-refractivity contribution in [2.75, 3.05) is 9.80 Å². The molecule has 0 fully saturated rings. The number of anilines is 6. The molecular weight excluding hydrogens is 661 g/mol. The van der Waals surface area contributed by atoms with E-state index in [1.807, 2.05) is 0 Å². The van der Waals surface area contributed by atoms with Gasteiger partial charge in [0.25, 0.3) is 0 Å². The second kappa shape index (κ2) is 12.4. The highest BCUT2D eigenvalue weighted by Gasteiger charge is 2.19. The fourth-order valence-electron chi connectivity index (χ4n) is 8.01. The van der Waals surface area contributed by atoms with Gasteiger partial charge in [0.05, 0.1) is 0 Å². The SMILES string of the molecule is Cc1cccc(N(c2cccc(C)c2)c2ccc3c(c2)oc2cc4cc5oc6cc(N(c7cccc(C)c7)c7cccc(C)c7)ccc6c5cc4cc23)c1. The molecule has 260 valence electrons. The summed E-state index contributed by atoms with van der Waals surface area (Å²) < 4.78 is 13.2. The maximum absolute atomic E-state index is 6.62. The smallest absolute Gasteiger partial charge is 0.137 e. The first-order valence-corrected chi connectivity index (χ1v) is 18.5. The molecule has 0 bridgehead atoms. The van der Waals surface area contributed by atoms with E-state index in [2.05, 4.69) is 195 Å². The number of rotatable bonds is 6. The van der Waals surface area contributed by atoms with Crippen LogP contribution in [0.2, 0.25) is 0 Å². The van der Waals surface area contributed by atoms with Gasteiger partial charge in [0.1, 0.15) is 22.3 Å². The normalized spacial score (nSPS) is 11.7. The molecule has 2 aromatic heterocycles. The van der Waals surface area contributed by atoms with Crippen LogP contribution < -0.4 is 9.80 Å². The van der Waals surface area contributed by atoms with E-state index in [1.165, 1.54) is 22.3 Å². The van der Waals surface area contributed by atoms with Crippen molar-refractivity contribution in [3.05, 3.63) is 180 Å². The Morgan fingerprint density at radius 2 is 0.611 bits per heavy atom. The Balaban J connectivity index is 1.08. The topological polar surface area (TPSA) is 32.8 Å². The lowest BCUT2D eigenvalue weighted by molar-refractivity contribution is 0.668. The average molecular weight is 699 g/mol. The molecule has 4 nitrogen and oxygen atoms in total. The van der Waals surface area contributed by atoms with Gasteiger partial charge in [-0.15, -0.1) is 0 Å². The summed E-state index contributed by atoms with van der Waals surface area (Å²) in [5.41, 5.74) is 14.8. The summed E-state index contributed by atoms with van der Waals surface area (Å²) in [4.78, 5) is 4.60. The maximum atomic E-state index is 6.62. The summed E-state index contributed by atoms with van der Waals surface area (Å²) in [6.45, 7) is 8.53. The zero-order chi connectivity index (χ0) is 36.5. The summed E-state index contributed by atoms with van der Waals surface area (Å²) in [5.74, 6) is 0. The third kappa shape index (κ3) is 5.46. The van der Waals surface area contributed by atoms with Crippen LogP contribution in [-0.4, -0.2) is 0 Å². The lowest BCUT2D eigenvalue weighted by Crippen LogP contribution is -2.10. The molecule has 0 N–H and O–H groups in total. The van der Waals surface area contributed by atoms with Gasteiger partial charge in [-0.1, -0.05) is 48.5 Å². The van der Waals surface area contributed by atoms with E-state index in [0.29, 0.717) is 0 Å². The molecule has 4 heteroatoms. The Hall–Kier alpha value is -6.78. The van der Waals surface area contributed by atoms with Crippen molar-refractivity contribution in [2.45, 2.75) is 27.7 Å². The van der Waals surface area contributed by atoms with Crippen molar-refractivity contribution in [3.63, 3.8) is 0 Å². The zero-order valence-electron chi connectivity index (χ0n) is 30.7. The standard InChI is InChI=1S/C50H38N2O2/c1-31-9-5-13-37(21-31)51(38-14-6-10-32(2)22-38)41-17-19-43-45-25-35-26-46-44-20-18-42(30-50(44)54-48(46)28-36(35)27-47(45)53-49(43)29-41)52(39-15-7-11-33(3)23-39)40-16-8-12-34(4)24-40/h5-30H,1-4H3. The van der Waals surface area contributed by atoms with E-state index in [0.717, 1.165) is 88.8 Å². The molecule has 0 radical (unpaired) electrons. The first kappa shape index (κ1) is 31.9. The van der Waals surface area contributed by atoms with Gasteiger partial charge in [0, 0.05) is 67.8 Å². The monoisotopic (exact) mass is 698 g/mol. The Morgan fingerprint density at radius 3 is 0.963 bits per heavy atom. The van der Waals surface area contributed by atoms with Crippen molar-refractivity contribution in [3.8, 4) is 0 Å². The van der Waals surface area contributed by atoms with Crippen LogP contribution in [0.3, 0.4) is 0 Å². The summed E-state index contributed by atoms with van der Waals surface area (Å²) in [6, 6.07) is 56.5. The predicted octanol–water partition coefficient (Wildman–Crippen LogP) is 14.8. The summed E-state index contributed by atoms with van der Waals surface area (Å²) >= 11 is 0. The summed E-state index contributed by atoms with van der Waals surface area (Å²) in [7, 11) is 0. The zero-order valence-corrected chi connectivity index (χ0v) is 30.7. The molecule has 8 aromatic carbocycles. The molecule has 0 spiro atoms. The molecule has 54 heavy (non-hydrogen) atoms. The Labute approximate surface area is 314 Å². The average Bonchev–Trinajstić information content (AvgIpc) is 3.69. The minimum Gasteiger partial charge on any atom is -0.456 e. The third-order valence-corrected chi connectivity index (χ3v) is 10.5. The third-order valence-electron chi connectivity index (χ3n) is 10.5. The number of hydrogen-bond acceptors (Lipinski definition) is 4. The summed E-state index contributed by atoms with van der Waals surface area (Å²) in [6.07, 6.45) is 0. The first-order valence-electron chi connectivity index (χ1n) is 18.5. The van der Waals surface area contributed by atoms with Crippen molar-refractivity contribution >= 4 is 88.8 Å². The number of nitrogens with zero attached hydrogens (tertiary/aromatic N) is 2. The quantitative estimate of drug-likeness (QED) is 0.173. The Morgan fingerprint density at radius 1 is 0.296 bits per heavy atom. The van der Waals surface area contributed by atoms with Crippen LogP contribution >= 0.6 is 0 Å². The largest absolute Gasteiger partial charge is 0.456 e.